The van der Waals surface area contributed by atoms with Gasteiger partial charge in [-0.15, -0.1) is 0 Å². The van der Waals surface area contributed by atoms with Gasteiger partial charge in [0.1, 0.15) is 0 Å². The maximum Gasteiger partial charge on any atom is 0.243 e. The molecule has 2 rings (SSSR count). The molecule has 0 aliphatic carbocycles. The second-order valence-electron chi connectivity index (χ2n) is 7.73. The van der Waals surface area contributed by atoms with Gasteiger partial charge in [0.15, 0.2) is 0 Å². The number of halogens is 1. The number of anilines is 1. The molecule has 0 atom stereocenters. The van der Waals surface area contributed by atoms with E-state index in [4.69, 9.17) is 11.6 Å². The maximum absolute atomic E-state index is 12.4. The van der Waals surface area contributed by atoms with Crippen molar-refractivity contribution in [2.75, 3.05) is 18.4 Å². The molecule has 0 saturated carbocycles. The summed E-state index contributed by atoms with van der Waals surface area (Å²) in [5, 5.41) is 6.29. The van der Waals surface area contributed by atoms with Crippen molar-refractivity contribution >= 4 is 29.1 Å². The highest BCUT2D eigenvalue weighted by atomic mass is 35.5. The molecule has 2 N–H and O–H groups in total. The normalized spacial score (nSPS) is 11.0. The lowest BCUT2D eigenvalue weighted by Gasteiger charge is -2.26. The van der Waals surface area contributed by atoms with Crippen molar-refractivity contribution in [3.8, 4) is 0 Å². The molecule has 2 amide bonds. The van der Waals surface area contributed by atoms with E-state index in [2.05, 4.69) is 10.6 Å². The van der Waals surface area contributed by atoms with E-state index >= 15 is 0 Å². The smallest absolute Gasteiger partial charge is 0.243 e. The van der Waals surface area contributed by atoms with Crippen LogP contribution in [0.2, 0.25) is 5.02 Å². The van der Waals surface area contributed by atoms with Gasteiger partial charge < -0.3 is 10.6 Å². The highest BCUT2D eigenvalue weighted by Gasteiger charge is 2.16. The predicted octanol–water partition coefficient (Wildman–Crippen LogP) is 4.23. The Hall–Kier alpha value is -2.37. The van der Waals surface area contributed by atoms with Gasteiger partial charge in [0.25, 0.3) is 0 Å². The molecule has 6 heteroatoms. The summed E-state index contributed by atoms with van der Waals surface area (Å²) >= 11 is 6.05. The van der Waals surface area contributed by atoms with Crippen LogP contribution < -0.4 is 10.6 Å². The Morgan fingerprint density at radius 2 is 1.69 bits per heavy atom. The van der Waals surface area contributed by atoms with Crippen LogP contribution in [0.15, 0.2) is 36.4 Å². The SMILES string of the molecule is Cc1cc(C)c(NC(=O)CNC(=O)CN(Cc2cccc(Cl)c2)C(C)C)c(C)c1. The quantitative estimate of drug-likeness (QED) is 0.678. The average Bonchev–Trinajstić information content (AvgIpc) is 2.62. The molecule has 0 bridgehead atoms. The van der Waals surface area contributed by atoms with Gasteiger partial charge in [0.2, 0.25) is 11.8 Å². The molecule has 0 spiro atoms. The molecular formula is C23H30ClN3O2. The number of rotatable bonds is 8. The van der Waals surface area contributed by atoms with Crippen LogP contribution in [0.5, 0.6) is 0 Å². The summed E-state index contributed by atoms with van der Waals surface area (Å²) in [4.78, 5) is 26.7. The first-order chi connectivity index (χ1) is 13.7. The lowest BCUT2D eigenvalue weighted by atomic mass is 10.1. The monoisotopic (exact) mass is 415 g/mol. The van der Waals surface area contributed by atoms with E-state index in [0.29, 0.717) is 11.6 Å². The largest absolute Gasteiger partial charge is 0.346 e. The fourth-order valence-corrected chi connectivity index (χ4v) is 3.48. The van der Waals surface area contributed by atoms with Gasteiger partial charge in [-0.1, -0.05) is 41.4 Å². The summed E-state index contributed by atoms with van der Waals surface area (Å²) < 4.78 is 0. The minimum absolute atomic E-state index is 0.0608. The van der Waals surface area contributed by atoms with Gasteiger partial charge in [0, 0.05) is 23.3 Å². The number of benzene rings is 2. The molecular weight excluding hydrogens is 386 g/mol. The van der Waals surface area contributed by atoms with Crippen LogP contribution in [0, 0.1) is 20.8 Å². The van der Waals surface area contributed by atoms with Crippen LogP contribution in [0.1, 0.15) is 36.1 Å². The zero-order valence-electron chi connectivity index (χ0n) is 17.8. The summed E-state index contributed by atoms with van der Waals surface area (Å²) in [5.74, 6) is -0.424. The van der Waals surface area contributed by atoms with E-state index in [1.54, 1.807) is 0 Å². The first kappa shape index (κ1) is 22.9. The Morgan fingerprint density at radius 3 is 2.28 bits per heavy atom. The third-order valence-corrected chi connectivity index (χ3v) is 4.97. The van der Waals surface area contributed by atoms with Crippen molar-refractivity contribution in [2.45, 2.75) is 47.2 Å². The van der Waals surface area contributed by atoms with Crippen LogP contribution >= 0.6 is 11.6 Å². The number of hydrogen-bond donors (Lipinski definition) is 2. The molecule has 5 nitrogen and oxygen atoms in total. The predicted molar refractivity (Wildman–Crippen MR) is 119 cm³/mol. The summed E-state index contributed by atoms with van der Waals surface area (Å²) in [6.07, 6.45) is 0. The summed E-state index contributed by atoms with van der Waals surface area (Å²) in [6.45, 7) is 10.8. The van der Waals surface area contributed by atoms with Crippen LogP contribution in [-0.4, -0.2) is 35.8 Å². The van der Waals surface area contributed by atoms with Crippen molar-refractivity contribution in [1.82, 2.24) is 10.2 Å². The van der Waals surface area contributed by atoms with Crippen LogP contribution in [0.3, 0.4) is 0 Å². The second-order valence-corrected chi connectivity index (χ2v) is 8.16. The first-order valence-electron chi connectivity index (χ1n) is 9.78. The van der Waals surface area contributed by atoms with Crippen molar-refractivity contribution in [3.05, 3.63) is 63.7 Å². The molecule has 2 aromatic rings. The third kappa shape index (κ3) is 7.18. The number of nitrogens with one attached hydrogen (secondary N) is 2. The number of amides is 2. The fourth-order valence-electron chi connectivity index (χ4n) is 3.27. The van der Waals surface area contributed by atoms with E-state index in [1.165, 1.54) is 0 Å². The van der Waals surface area contributed by atoms with Gasteiger partial charge in [-0.25, -0.2) is 0 Å². The summed E-state index contributed by atoms with van der Waals surface area (Å²) in [6, 6.07) is 11.8. The zero-order valence-corrected chi connectivity index (χ0v) is 18.6. The Balaban J connectivity index is 1.89. The number of nitrogens with zero attached hydrogens (tertiary/aromatic N) is 1. The van der Waals surface area contributed by atoms with Crippen LogP contribution in [-0.2, 0) is 16.1 Å². The molecule has 0 aromatic heterocycles. The average molecular weight is 416 g/mol. The highest BCUT2D eigenvalue weighted by Crippen LogP contribution is 2.21. The second kappa shape index (κ2) is 10.4. The van der Waals surface area contributed by atoms with Gasteiger partial charge in [-0.3, -0.25) is 14.5 Å². The molecule has 0 saturated heterocycles. The van der Waals surface area contributed by atoms with Gasteiger partial charge in [0.05, 0.1) is 13.1 Å². The minimum atomic E-state index is -0.237. The summed E-state index contributed by atoms with van der Waals surface area (Å²) in [5.41, 5.74) is 5.02. The lowest BCUT2D eigenvalue weighted by Crippen LogP contribution is -2.42. The van der Waals surface area contributed by atoms with E-state index in [0.717, 1.165) is 27.9 Å². The third-order valence-electron chi connectivity index (χ3n) is 4.74. The molecule has 0 aliphatic rings. The standard InChI is InChI=1S/C23H30ClN3O2/c1-15(2)27(13-19-7-6-8-20(24)11-19)14-22(29)25-12-21(28)26-23-17(4)9-16(3)10-18(23)5/h6-11,15H,12-14H2,1-5H3,(H,25,29)(H,26,28). The van der Waals surface area contributed by atoms with Crippen LogP contribution in [0.4, 0.5) is 5.69 Å². The molecule has 2 aromatic carbocycles. The topological polar surface area (TPSA) is 61.4 Å². The van der Waals surface area contributed by atoms with E-state index < -0.39 is 0 Å². The maximum atomic E-state index is 12.4. The van der Waals surface area contributed by atoms with E-state index in [1.807, 2.05) is 75.9 Å². The van der Waals surface area contributed by atoms with Crippen LogP contribution in [0.25, 0.3) is 0 Å². The molecule has 0 radical (unpaired) electrons. The zero-order chi connectivity index (χ0) is 21.6. The van der Waals surface area contributed by atoms with E-state index in [-0.39, 0.29) is 30.9 Å². The van der Waals surface area contributed by atoms with Gasteiger partial charge in [-0.05, 0) is 63.4 Å². The van der Waals surface area contributed by atoms with Crippen molar-refractivity contribution in [1.29, 1.82) is 0 Å². The first-order valence-corrected chi connectivity index (χ1v) is 10.2. The molecule has 156 valence electrons. The number of aryl methyl sites for hydroxylation is 3. The highest BCUT2D eigenvalue weighted by molar-refractivity contribution is 6.30. The number of carbonyl (C=O) groups is 2. The van der Waals surface area contributed by atoms with E-state index in [9.17, 15) is 9.59 Å². The Labute approximate surface area is 178 Å². The van der Waals surface area contributed by atoms with Gasteiger partial charge in [-0.2, -0.15) is 0 Å². The molecule has 29 heavy (non-hydrogen) atoms. The number of carbonyl (C=O) groups excluding carboxylic acids is 2. The number of hydrogen-bond acceptors (Lipinski definition) is 3. The molecule has 0 unspecified atom stereocenters. The molecule has 0 heterocycles. The minimum Gasteiger partial charge on any atom is -0.346 e. The lowest BCUT2D eigenvalue weighted by molar-refractivity contribution is -0.125. The Morgan fingerprint density at radius 1 is 1.03 bits per heavy atom. The van der Waals surface area contributed by atoms with Crippen molar-refractivity contribution in [3.63, 3.8) is 0 Å². The van der Waals surface area contributed by atoms with Crippen molar-refractivity contribution < 1.29 is 9.59 Å². The molecule has 0 aliphatic heterocycles. The Kier molecular flexibility index (Phi) is 8.23. The Bertz CT molecular complexity index is 857. The fraction of sp³-hybridized carbons (Fsp3) is 0.391. The van der Waals surface area contributed by atoms with Crippen molar-refractivity contribution in [2.24, 2.45) is 0 Å². The van der Waals surface area contributed by atoms with Gasteiger partial charge >= 0.3 is 0 Å². The summed E-state index contributed by atoms with van der Waals surface area (Å²) in [7, 11) is 0. The molecule has 0 fully saturated rings.